The highest BCUT2D eigenvalue weighted by Gasteiger charge is 2.01. The Labute approximate surface area is 152 Å². The van der Waals surface area contributed by atoms with E-state index in [1.54, 1.807) is 29.1 Å². The summed E-state index contributed by atoms with van der Waals surface area (Å²) in [4.78, 5) is 12.0. The van der Waals surface area contributed by atoms with Crippen LogP contribution in [0.1, 0.15) is 18.2 Å². The number of hydrogen-bond donors (Lipinski definition) is 1. The Kier molecular flexibility index (Phi) is 5.77. The number of hydrogen-bond acceptors (Lipinski definition) is 4. The van der Waals surface area contributed by atoms with Gasteiger partial charge in [0.05, 0.1) is 19.3 Å². The monoisotopic (exact) mass is 348 g/mol. The topological polar surface area (TPSA) is 69.0 Å². The maximum absolute atomic E-state index is 12.0. The van der Waals surface area contributed by atoms with Crippen LogP contribution in [-0.4, -0.2) is 27.5 Å². The highest BCUT2D eigenvalue weighted by Crippen LogP contribution is 2.15. The third-order valence-electron chi connectivity index (χ3n) is 3.58. The molecule has 0 bridgehead atoms. The Bertz CT molecular complexity index is 870. The minimum Gasteiger partial charge on any atom is -0.494 e. The molecular formula is C20H20N4O2. The Balaban J connectivity index is 1.55. The van der Waals surface area contributed by atoms with Crippen molar-refractivity contribution in [3.8, 4) is 5.75 Å². The van der Waals surface area contributed by atoms with Gasteiger partial charge in [-0.05, 0) is 42.8 Å². The lowest BCUT2D eigenvalue weighted by Gasteiger charge is -2.05. The van der Waals surface area contributed by atoms with E-state index in [1.165, 1.54) is 6.08 Å². The summed E-state index contributed by atoms with van der Waals surface area (Å²) >= 11 is 0. The molecule has 6 nitrogen and oxygen atoms in total. The minimum atomic E-state index is -0.230. The Morgan fingerprint density at radius 2 is 1.92 bits per heavy atom. The van der Waals surface area contributed by atoms with Gasteiger partial charge in [0.15, 0.2) is 0 Å². The smallest absolute Gasteiger partial charge is 0.248 e. The molecule has 1 aromatic heterocycles. The van der Waals surface area contributed by atoms with E-state index in [0.29, 0.717) is 24.5 Å². The Morgan fingerprint density at radius 3 is 2.65 bits per heavy atom. The van der Waals surface area contributed by atoms with Crippen LogP contribution in [0.5, 0.6) is 5.75 Å². The fourth-order valence-corrected chi connectivity index (χ4v) is 2.38. The molecule has 6 heteroatoms. The molecule has 0 aliphatic heterocycles. The molecule has 1 N–H and O–H groups in total. The van der Waals surface area contributed by atoms with Gasteiger partial charge >= 0.3 is 0 Å². The molecule has 0 aliphatic rings. The third-order valence-corrected chi connectivity index (χ3v) is 3.58. The van der Waals surface area contributed by atoms with Crippen molar-refractivity contribution in [3.63, 3.8) is 0 Å². The number of carbonyl (C=O) groups excluding carboxylic acids is 1. The van der Waals surface area contributed by atoms with Gasteiger partial charge in [-0.25, -0.2) is 4.68 Å². The van der Waals surface area contributed by atoms with Crippen LogP contribution >= 0.6 is 0 Å². The van der Waals surface area contributed by atoms with E-state index in [4.69, 9.17) is 4.74 Å². The zero-order valence-electron chi connectivity index (χ0n) is 14.5. The lowest BCUT2D eigenvalue weighted by atomic mass is 10.2. The summed E-state index contributed by atoms with van der Waals surface area (Å²) in [6.45, 7) is 3.18. The predicted molar refractivity (Wildman–Crippen MR) is 101 cm³/mol. The van der Waals surface area contributed by atoms with Crippen LogP contribution in [0, 0.1) is 0 Å². The molecule has 0 saturated heterocycles. The summed E-state index contributed by atoms with van der Waals surface area (Å²) in [5.41, 5.74) is 2.47. The summed E-state index contributed by atoms with van der Waals surface area (Å²) in [7, 11) is 0. The summed E-state index contributed by atoms with van der Waals surface area (Å²) in [5, 5.41) is 10.9. The zero-order chi connectivity index (χ0) is 18.2. The van der Waals surface area contributed by atoms with Crippen molar-refractivity contribution >= 4 is 17.7 Å². The van der Waals surface area contributed by atoms with Crippen LogP contribution in [0.15, 0.2) is 66.9 Å². The molecule has 3 rings (SSSR count). The molecule has 0 fully saturated rings. The van der Waals surface area contributed by atoms with Crippen molar-refractivity contribution < 1.29 is 9.53 Å². The van der Waals surface area contributed by atoms with E-state index in [-0.39, 0.29) is 5.91 Å². The van der Waals surface area contributed by atoms with E-state index in [9.17, 15) is 4.79 Å². The van der Waals surface area contributed by atoms with E-state index in [2.05, 4.69) is 15.6 Å². The second-order valence-electron chi connectivity index (χ2n) is 5.61. The van der Waals surface area contributed by atoms with E-state index >= 15 is 0 Å². The van der Waals surface area contributed by atoms with Crippen molar-refractivity contribution in [1.29, 1.82) is 0 Å². The number of nitrogens with zero attached hydrogens (tertiary/aromatic N) is 3. The predicted octanol–water partition coefficient (Wildman–Crippen LogP) is 3.38. The summed E-state index contributed by atoms with van der Waals surface area (Å²) in [6, 6.07) is 17.2. The Hall–Kier alpha value is -3.41. The molecular weight excluding hydrogens is 328 g/mol. The average molecular weight is 348 g/mol. The molecule has 0 unspecified atom stereocenters. The molecule has 0 atom stereocenters. The quantitative estimate of drug-likeness (QED) is 0.665. The minimum absolute atomic E-state index is 0.230. The SMILES string of the molecule is CCOc1ccc(NC(=O)/C=C/c2cn(Cc3ccccc3)nn2)cc1. The normalized spacial score (nSPS) is 10.8. The number of amides is 1. The summed E-state index contributed by atoms with van der Waals surface area (Å²) < 4.78 is 7.11. The number of anilines is 1. The fourth-order valence-electron chi connectivity index (χ4n) is 2.38. The van der Waals surface area contributed by atoms with Crippen LogP contribution in [0.3, 0.4) is 0 Å². The first-order valence-corrected chi connectivity index (χ1v) is 8.39. The van der Waals surface area contributed by atoms with Gasteiger partial charge in [0.25, 0.3) is 0 Å². The second kappa shape index (κ2) is 8.62. The highest BCUT2D eigenvalue weighted by atomic mass is 16.5. The van der Waals surface area contributed by atoms with Gasteiger partial charge in [-0.1, -0.05) is 35.5 Å². The lowest BCUT2D eigenvalue weighted by Crippen LogP contribution is -2.07. The zero-order valence-corrected chi connectivity index (χ0v) is 14.5. The van der Waals surface area contributed by atoms with Crippen LogP contribution in [0.25, 0.3) is 6.08 Å². The molecule has 0 spiro atoms. The molecule has 0 radical (unpaired) electrons. The van der Waals surface area contributed by atoms with E-state index in [0.717, 1.165) is 11.3 Å². The summed E-state index contributed by atoms with van der Waals surface area (Å²) in [5.74, 6) is 0.544. The number of ether oxygens (including phenoxy) is 1. The van der Waals surface area contributed by atoms with Gasteiger partial charge < -0.3 is 10.1 Å². The Morgan fingerprint density at radius 1 is 1.15 bits per heavy atom. The molecule has 132 valence electrons. The van der Waals surface area contributed by atoms with Gasteiger partial charge in [-0.2, -0.15) is 0 Å². The van der Waals surface area contributed by atoms with Crippen molar-refractivity contribution in [1.82, 2.24) is 15.0 Å². The molecule has 1 heterocycles. The van der Waals surface area contributed by atoms with Gasteiger partial charge in [-0.3, -0.25) is 4.79 Å². The van der Waals surface area contributed by atoms with Gasteiger partial charge in [0.2, 0.25) is 5.91 Å². The molecule has 0 saturated carbocycles. The largest absolute Gasteiger partial charge is 0.494 e. The van der Waals surface area contributed by atoms with Gasteiger partial charge in [0.1, 0.15) is 11.4 Å². The van der Waals surface area contributed by atoms with Crippen LogP contribution in [0.2, 0.25) is 0 Å². The van der Waals surface area contributed by atoms with Crippen LogP contribution in [-0.2, 0) is 11.3 Å². The highest BCUT2D eigenvalue weighted by molar-refractivity contribution is 6.01. The summed E-state index contributed by atoms with van der Waals surface area (Å²) in [6.07, 6.45) is 4.87. The van der Waals surface area contributed by atoms with Crippen LogP contribution < -0.4 is 10.1 Å². The lowest BCUT2D eigenvalue weighted by molar-refractivity contribution is -0.111. The van der Waals surface area contributed by atoms with Crippen molar-refractivity contribution in [2.45, 2.75) is 13.5 Å². The molecule has 2 aromatic carbocycles. The fraction of sp³-hybridized carbons (Fsp3) is 0.150. The van der Waals surface area contributed by atoms with E-state index in [1.807, 2.05) is 49.4 Å². The number of benzene rings is 2. The van der Waals surface area contributed by atoms with Gasteiger partial charge in [-0.15, -0.1) is 5.10 Å². The first-order chi connectivity index (χ1) is 12.7. The first-order valence-electron chi connectivity index (χ1n) is 8.39. The molecule has 1 amide bonds. The van der Waals surface area contributed by atoms with Crippen molar-refractivity contribution in [3.05, 3.63) is 78.1 Å². The van der Waals surface area contributed by atoms with Gasteiger partial charge in [0, 0.05) is 11.8 Å². The average Bonchev–Trinajstić information content (AvgIpc) is 3.10. The second-order valence-corrected chi connectivity index (χ2v) is 5.61. The number of rotatable bonds is 7. The number of nitrogens with one attached hydrogen (secondary N) is 1. The third kappa shape index (κ3) is 5.04. The maximum Gasteiger partial charge on any atom is 0.248 e. The van der Waals surface area contributed by atoms with Crippen molar-refractivity contribution in [2.75, 3.05) is 11.9 Å². The number of aromatic nitrogens is 3. The van der Waals surface area contributed by atoms with Crippen molar-refractivity contribution in [2.24, 2.45) is 0 Å². The molecule has 3 aromatic rings. The maximum atomic E-state index is 12.0. The van der Waals surface area contributed by atoms with E-state index < -0.39 is 0 Å². The standard InChI is InChI=1S/C20H20N4O2/c1-2-26-19-11-8-17(9-12-19)21-20(25)13-10-18-15-24(23-22-18)14-16-6-4-3-5-7-16/h3-13,15H,2,14H2,1H3,(H,21,25)/b13-10+. The number of carbonyl (C=O) groups is 1. The van der Waals surface area contributed by atoms with Crippen LogP contribution in [0.4, 0.5) is 5.69 Å². The molecule has 0 aliphatic carbocycles. The molecule has 26 heavy (non-hydrogen) atoms. The first kappa shape index (κ1) is 17.4.